The Morgan fingerprint density at radius 1 is 1.00 bits per heavy atom. The molecule has 0 unspecified atom stereocenters. The van der Waals surface area contributed by atoms with Gasteiger partial charge in [0, 0.05) is 11.1 Å². The van der Waals surface area contributed by atoms with Crippen molar-refractivity contribution < 1.29 is 14.7 Å². The normalized spacial score (nSPS) is 17.4. The lowest BCUT2D eigenvalue weighted by Crippen LogP contribution is -2.20. The fourth-order valence-electron chi connectivity index (χ4n) is 4.50. The third-order valence-corrected chi connectivity index (χ3v) is 5.93. The van der Waals surface area contributed by atoms with E-state index < -0.39 is 5.92 Å². The molecule has 0 bridgehead atoms. The summed E-state index contributed by atoms with van der Waals surface area (Å²) < 4.78 is 0. The van der Waals surface area contributed by atoms with Crippen LogP contribution in [0.25, 0.3) is 16.7 Å². The number of Topliss-reactive ketones (excluding diaryl/α,β-unsaturated/α-hetero) is 2. The molecule has 0 spiro atoms. The van der Waals surface area contributed by atoms with Gasteiger partial charge in [0.05, 0.1) is 5.92 Å². The maximum atomic E-state index is 12.8. The molecule has 2 aliphatic carbocycles. The lowest BCUT2D eigenvalue weighted by Gasteiger charge is -2.13. The van der Waals surface area contributed by atoms with Gasteiger partial charge in [-0.2, -0.15) is 0 Å². The van der Waals surface area contributed by atoms with Gasteiger partial charge in [-0.25, -0.2) is 0 Å². The number of ketones is 2. The van der Waals surface area contributed by atoms with Crippen molar-refractivity contribution in [1.29, 1.82) is 0 Å². The maximum Gasteiger partial charge on any atom is 0.170 e. The van der Waals surface area contributed by atoms with Crippen LogP contribution in [0, 0.1) is 12.8 Å². The smallest absolute Gasteiger partial charge is 0.170 e. The van der Waals surface area contributed by atoms with Crippen molar-refractivity contribution in [2.45, 2.75) is 39.0 Å². The standard InChI is InChI=1S/C23H21N3O3/c1-13-10-14(12-17-22(28)15-6-2-3-7-16(15)23(17)29)21(27)20(11-13)26-24-18-8-4-5-9-19(18)25-26/h4-5,8-11,17,27H,2-3,6-7,12H2,1H3. The van der Waals surface area contributed by atoms with Crippen LogP contribution < -0.4 is 0 Å². The first-order valence-corrected chi connectivity index (χ1v) is 9.98. The molecule has 6 nitrogen and oxygen atoms in total. The van der Waals surface area contributed by atoms with Gasteiger partial charge in [0.15, 0.2) is 11.6 Å². The summed E-state index contributed by atoms with van der Waals surface area (Å²) in [5, 5.41) is 19.8. The summed E-state index contributed by atoms with van der Waals surface area (Å²) in [6.07, 6.45) is 3.52. The number of phenolic OH excluding ortho intramolecular Hbond substituents is 1. The number of phenols is 1. The van der Waals surface area contributed by atoms with E-state index >= 15 is 0 Å². The van der Waals surface area contributed by atoms with Gasteiger partial charge in [-0.05, 0) is 68.4 Å². The molecule has 146 valence electrons. The zero-order valence-electron chi connectivity index (χ0n) is 16.2. The van der Waals surface area contributed by atoms with Crippen molar-refractivity contribution in [2.24, 2.45) is 5.92 Å². The average Bonchev–Trinajstić information content (AvgIpc) is 3.26. The Kier molecular flexibility index (Phi) is 4.08. The summed E-state index contributed by atoms with van der Waals surface area (Å²) in [5.74, 6) is -0.824. The lowest BCUT2D eigenvalue weighted by molar-refractivity contribution is -0.126. The molecule has 5 rings (SSSR count). The van der Waals surface area contributed by atoms with Crippen molar-refractivity contribution >= 4 is 22.6 Å². The number of carbonyl (C=O) groups excluding carboxylic acids is 2. The third kappa shape index (κ3) is 2.87. The molecular formula is C23H21N3O3. The molecule has 0 aliphatic heterocycles. The van der Waals surface area contributed by atoms with Crippen LogP contribution in [0.5, 0.6) is 5.75 Å². The molecule has 2 aliphatic rings. The van der Waals surface area contributed by atoms with Crippen LogP contribution in [0.3, 0.4) is 0 Å². The highest BCUT2D eigenvalue weighted by molar-refractivity contribution is 6.24. The van der Waals surface area contributed by atoms with E-state index in [0.29, 0.717) is 24.1 Å². The average molecular weight is 387 g/mol. The molecule has 1 N–H and O–H groups in total. The molecule has 1 aromatic heterocycles. The van der Waals surface area contributed by atoms with Crippen LogP contribution in [0.4, 0.5) is 0 Å². The highest BCUT2D eigenvalue weighted by Crippen LogP contribution is 2.38. The Balaban J connectivity index is 1.52. The number of allylic oxidation sites excluding steroid dienone is 2. The molecule has 0 saturated heterocycles. The minimum atomic E-state index is -0.719. The number of nitrogens with zero attached hydrogens (tertiary/aromatic N) is 3. The number of hydrogen-bond acceptors (Lipinski definition) is 5. The Labute approximate surface area is 167 Å². The Morgan fingerprint density at radius 3 is 2.17 bits per heavy atom. The monoisotopic (exact) mass is 387 g/mol. The molecule has 0 fully saturated rings. The first kappa shape index (κ1) is 17.8. The van der Waals surface area contributed by atoms with Crippen LogP contribution in [-0.2, 0) is 16.0 Å². The van der Waals surface area contributed by atoms with E-state index in [9.17, 15) is 14.7 Å². The number of rotatable bonds is 3. The number of fused-ring (bicyclic) bond motifs is 1. The molecule has 1 heterocycles. The van der Waals surface area contributed by atoms with E-state index in [1.54, 1.807) is 6.07 Å². The molecule has 2 aromatic carbocycles. The van der Waals surface area contributed by atoms with Crippen LogP contribution >= 0.6 is 0 Å². The zero-order valence-corrected chi connectivity index (χ0v) is 16.2. The van der Waals surface area contributed by atoms with Crippen LogP contribution in [0.1, 0.15) is 36.8 Å². The van der Waals surface area contributed by atoms with E-state index in [4.69, 9.17) is 0 Å². The van der Waals surface area contributed by atoms with Crippen molar-refractivity contribution in [3.63, 3.8) is 0 Å². The molecule has 0 amide bonds. The van der Waals surface area contributed by atoms with Crippen LogP contribution in [0.15, 0.2) is 47.5 Å². The first-order chi connectivity index (χ1) is 14.0. The fraction of sp³-hybridized carbons (Fsp3) is 0.304. The van der Waals surface area contributed by atoms with Crippen molar-refractivity contribution in [3.8, 4) is 11.4 Å². The predicted octanol–water partition coefficient (Wildman–Crippen LogP) is 3.62. The predicted molar refractivity (Wildman–Crippen MR) is 108 cm³/mol. The SMILES string of the molecule is Cc1cc(CC2C(=O)C3=C(CCCC3)C2=O)c(O)c(-n2nc3ccccc3n2)c1. The van der Waals surface area contributed by atoms with Gasteiger partial charge in [0.25, 0.3) is 0 Å². The minimum absolute atomic E-state index is 0.0152. The molecule has 6 heteroatoms. The number of aromatic nitrogens is 3. The van der Waals surface area contributed by atoms with Crippen molar-refractivity contribution in [1.82, 2.24) is 15.0 Å². The van der Waals surface area contributed by atoms with Crippen LogP contribution in [-0.4, -0.2) is 31.7 Å². The summed E-state index contributed by atoms with van der Waals surface area (Å²) in [6.45, 7) is 1.91. The molecule has 3 aromatic rings. The van der Waals surface area contributed by atoms with E-state index in [1.807, 2.05) is 37.3 Å². The van der Waals surface area contributed by atoms with Gasteiger partial charge < -0.3 is 5.11 Å². The summed E-state index contributed by atoms with van der Waals surface area (Å²) in [5.41, 5.74) is 4.84. The van der Waals surface area contributed by atoms with Gasteiger partial charge in [-0.1, -0.05) is 18.2 Å². The summed E-state index contributed by atoms with van der Waals surface area (Å²) in [7, 11) is 0. The largest absolute Gasteiger partial charge is 0.505 e. The number of aromatic hydroxyl groups is 1. The lowest BCUT2D eigenvalue weighted by atomic mass is 9.92. The highest BCUT2D eigenvalue weighted by Gasteiger charge is 2.41. The molecule has 29 heavy (non-hydrogen) atoms. The Morgan fingerprint density at radius 2 is 1.59 bits per heavy atom. The summed E-state index contributed by atoms with van der Waals surface area (Å²) in [6, 6.07) is 11.1. The van der Waals surface area contributed by atoms with E-state index in [0.717, 1.165) is 40.6 Å². The summed E-state index contributed by atoms with van der Waals surface area (Å²) >= 11 is 0. The Bertz CT molecular complexity index is 1140. The van der Waals surface area contributed by atoms with Crippen molar-refractivity contribution in [3.05, 3.63) is 58.7 Å². The zero-order chi connectivity index (χ0) is 20.1. The fourth-order valence-corrected chi connectivity index (χ4v) is 4.50. The first-order valence-electron chi connectivity index (χ1n) is 9.98. The van der Waals surface area contributed by atoms with E-state index in [2.05, 4.69) is 10.2 Å². The molecule has 0 atom stereocenters. The third-order valence-electron chi connectivity index (χ3n) is 5.93. The van der Waals surface area contributed by atoms with Crippen molar-refractivity contribution in [2.75, 3.05) is 0 Å². The second-order valence-electron chi connectivity index (χ2n) is 7.92. The molecule has 0 radical (unpaired) electrons. The molecule has 0 saturated carbocycles. The van der Waals surface area contributed by atoms with E-state index in [-0.39, 0.29) is 23.7 Å². The Hall–Kier alpha value is -3.28. The van der Waals surface area contributed by atoms with E-state index in [1.165, 1.54) is 4.80 Å². The number of aryl methyl sites for hydroxylation is 1. The summed E-state index contributed by atoms with van der Waals surface area (Å²) in [4.78, 5) is 27.1. The van der Waals surface area contributed by atoms with Gasteiger partial charge in [0.1, 0.15) is 22.5 Å². The number of hydrogen-bond donors (Lipinski definition) is 1. The van der Waals surface area contributed by atoms with Gasteiger partial charge in [-0.15, -0.1) is 15.0 Å². The van der Waals surface area contributed by atoms with Gasteiger partial charge >= 0.3 is 0 Å². The quantitative estimate of drug-likeness (QED) is 0.694. The number of benzene rings is 2. The number of carbonyl (C=O) groups is 2. The van der Waals surface area contributed by atoms with Gasteiger partial charge in [0.2, 0.25) is 0 Å². The minimum Gasteiger partial charge on any atom is -0.505 e. The highest BCUT2D eigenvalue weighted by atomic mass is 16.3. The topological polar surface area (TPSA) is 85.1 Å². The maximum absolute atomic E-state index is 12.8. The van der Waals surface area contributed by atoms with Gasteiger partial charge in [-0.3, -0.25) is 9.59 Å². The second kappa shape index (κ2) is 6.65. The second-order valence-corrected chi connectivity index (χ2v) is 7.92. The van der Waals surface area contributed by atoms with Crippen LogP contribution in [0.2, 0.25) is 0 Å². The molecular weight excluding hydrogens is 366 g/mol.